The number of carboxylic acids is 4. The van der Waals surface area contributed by atoms with Gasteiger partial charge in [-0.15, -0.1) is 0 Å². The third-order valence-electron chi connectivity index (χ3n) is 7.19. The van der Waals surface area contributed by atoms with Crippen LogP contribution in [0.3, 0.4) is 0 Å². The van der Waals surface area contributed by atoms with Gasteiger partial charge in [-0.3, -0.25) is 0 Å². The number of carbonyl (C=O) groups is 4. The van der Waals surface area contributed by atoms with Crippen LogP contribution in [0.25, 0.3) is 0 Å². The molecule has 20 heteroatoms. The summed E-state index contributed by atoms with van der Waals surface area (Å²) in [6.45, 7) is 4.00. The summed E-state index contributed by atoms with van der Waals surface area (Å²) in [5, 5.41) is 43.5. The Balaban J connectivity index is 0. The van der Waals surface area contributed by atoms with Crippen molar-refractivity contribution < 1.29 is 107 Å². The predicted molar refractivity (Wildman–Crippen MR) is 209 cm³/mol. The molecule has 2 saturated heterocycles. The Labute approximate surface area is 393 Å². The van der Waals surface area contributed by atoms with Gasteiger partial charge in [-0.1, -0.05) is 46.4 Å². The van der Waals surface area contributed by atoms with Crippen molar-refractivity contribution in [2.45, 2.75) is 25.7 Å². The minimum atomic E-state index is -1.27. The molecule has 2 aliphatic rings. The molecule has 0 amide bonds. The number of benzene rings is 4. The standard InChI is InChI=1S/4C8H7ClO3.2C4H8O.2Rh/c4*1-12-7-4-5(9)2-3-6(7)8(10)11;2*1-2-4-5-3-1;;/h4*2-4H,1H3,(H,10,11);2*1-4H2;;/q;;;;;;2*+2/p-4. The van der Waals surface area contributed by atoms with Crippen LogP contribution < -0.4 is 39.4 Å². The molecule has 4 aromatic carbocycles. The Kier molecular flexibility index (Phi) is 32.1. The minimum absolute atomic E-state index is 0. The van der Waals surface area contributed by atoms with Crippen LogP contribution in [0, 0.1) is 0 Å². The van der Waals surface area contributed by atoms with Crippen LogP contribution in [0.1, 0.15) is 67.1 Å². The molecule has 2 aliphatic heterocycles. The van der Waals surface area contributed by atoms with Crippen LogP contribution in [0.2, 0.25) is 20.1 Å². The Morgan fingerprint density at radius 3 is 0.717 bits per heavy atom. The molecule has 0 unspecified atom stereocenters. The third kappa shape index (κ3) is 22.8. The van der Waals surface area contributed by atoms with Crippen LogP contribution in [0.5, 0.6) is 23.0 Å². The normalized spacial score (nSPS) is 11.6. The van der Waals surface area contributed by atoms with Gasteiger partial charge in [0.05, 0.1) is 52.3 Å². The van der Waals surface area contributed by atoms with E-state index in [1.165, 1.54) is 127 Å². The number of halogens is 4. The molecule has 0 bridgehead atoms. The number of aromatic carboxylic acids is 4. The maximum absolute atomic E-state index is 10.5. The zero-order valence-electron chi connectivity index (χ0n) is 32.5. The van der Waals surface area contributed by atoms with Crippen molar-refractivity contribution in [3.05, 3.63) is 115 Å². The Morgan fingerprint density at radius 1 is 0.417 bits per heavy atom. The van der Waals surface area contributed by atoms with Crippen molar-refractivity contribution >= 4 is 70.3 Å². The Morgan fingerprint density at radius 2 is 0.600 bits per heavy atom. The SMILES string of the molecule is C1CCOC1.C1CCOC1.COc1cc(Cl)ccc1C(=O)[O-].COc1cc(Cl)ccc1C(=O)[O-].COc1cc(Cl)ccc1C(=O)[O-].COc1cc(Cl)ccc1C(=O)[O-].[Rh+2].[Rh+2]. The zero-order valence-corrected chi connectivity index (χ0v) is 38.8. The first-order valence-electron chi connectivity index (χ1n) is 16.9. The summed E-state index contributed by atoms with van der Waals surface area (Å²) in [7, 11) is 5.49. The number of rotatable bonds is 8. The van der Waals surface area contributed by atoms with E-state index in [0.29, 0.717) is 20.1 Å². The molecule has 0 spiro atoms. The van der Waals surface area contributed by atoms with Crippen LogP contribution >= 0.6 is 46.4 Å². The van der Waals surface area contributed by atoms with Crippen molar-refractivity contribution in [3.63, 3.8) is 0 Å². The molecule has 6 rings (SSSR count). The quantitative estimate of drug-likeness (QED) is 0.223. The molecule has 0 N–H and O–H groups in total. The summed E-state index contributed by atoms with van der Waals surface area (Å²) < 4.78 is 29.0. The Bertz CT molecular complexity index is 1650. The van der Waals surface area contributed by atoms with Gasteiger partial charge in [-0.2, -0.15) is 0 Å². The fraction of sp³-hybridized carbons (Fsp3) is 0.300. The fourth-order valence-electron chi connectivity index (χ4n) is 4.36. The van der Waals surface area contributed by atoms with E-state index >= 15 is 0 Å². The second kappa shape index (κ2) is 33.0. The van der Waals surface area contributed by atoms with Gasteiger partial charge in [0.2, 0.25) is 0 Å². The van der Waals surface area contributed by atoms with Crippen LogP contribution in [-0.4, -0.2) is 78.7 Å². The van der Waals surface area contributed by atoms with Crippen molar-refractivity contribution in [1.82, 2.24) is 0 Å². The summed E-state index contributed by atoms with van der Waals surface area (Å²) in [6, 6.07) is 16.9. The molecule has 0 saturated carbocycles. The molecule has 4 aromatic rings. The van der Waals surface area contributed by atoms with Gasteiger partial charge < -0.3 is 68.0 Å². The molecule has 2 fully saturated rings. The van der Waals surface area contributed by atoms with Crippen LogP contribution in [0.15, 0.2) is 72.8 Å². The molecule has 330 valence electrons. The first kappa shape index (κ1) is 58.4. The molecular weight excluding hydrogens is 1050 g/mol. The largest absolute Gasteiger partial charge is 2.00 e. The van der Waals surface area contributed by atoms with Gasteiger partial charge in [0.25, 0.3) is 0 Å². The second-order valence-corrected chi connectivity index (χ2v) is 12.9. The van der Waals surface area contributed by atoms with E-state index < -0.39 is 23.9 Å². The van der Waals surface area contributed by atoms with E-state index in [2.05, 4.69) is 0 Å². The fourth-order valence-corrected chi connectivity index (χ4v) is 5.00. The van der Waals surface area contributed by atoms with Gasteiger partial charge in [0.15, 0.2) is 0 Å². The maximum atomic E-state index is 10.5. The first-order chi connectivity index (χ1) is 27.6. The average molecular weight is 1090 g/mol. The number of carboxylic acid groups (broad SMARTS) is 4. The smallest absolute Gasteiger partial charge is 0.545 e. The Hall–Kier alpha value is -3.71. The number of hydrogen-bond acceptors (Lipinski definition) is 14. The molecule has 60 heavy (non-hydrogen) atoms. The van der Waals surface area contributed by atoms with Crippen molar-refractivity contribution in [2.24, 2.45) is 0 Å². The number of carbonyl (C=O) groups excluding carboxylic acids is 4. The molecular formula is C40H40Cl4O14Rh2. The van der Waals surface area contributed by atoms with Crippen molar-refractivity contribution in [2.75, 3.05) is 54.9 Å². The molecule has 2 radical (unpaired) electrons. The summed E-state index contributed by atoms with van der Waals surface area (Å²) in [4.78, 5) is 41.8. The van der Waals surface area contributed by atoms with E-state index in [9.17, 15) is 39.6 Å². The monoisotopic (exact) mass is 1090 g/mol. The molecule has 2 heterocycles. The van der Waals surface area contributed by atoms with Gasteiger partial charge in [0.1, 0.15) is 23.0 Å². The summed E-state index contributed by atoms with van der Waals surface area (Å²) in [5.74, 6) is -4.26. The molecule has 0 aromatic heterocycles. The number of hydrogen-bond donors (Lipinski definition) is 0. The van der Waals surface area contributed by atoms with Crippen LogP contribution in [-0.2, 0) is 48.4 Å². The van der Waals surface area contributed by atoms with Gasteiger partial charge in [-0.05, 0) is 98.5 Å². The molecule has 0 aliphatic carbocycles. The molecule has 0 atom stereocenters. The molecule has 14 nitrogen and oxygen atoms in total. The van der Waals surface area contributed by atoms with Crippen molar-refractivity contribution in [3.8, 4) is 23.0 Å². The predicted octanol–water partition coefficient (Wildman–Crippen LogP) is 4.44. The summed E-state index contributed by atoms with van der Waals surface area (Å²) >= 11 is 22.4. The number of ether oxygens (including phenoxy) is 6. The zero-order chi connectivity index (χ0) is 43.6. The first-order valence-corrected chi connectivity index (χ1v) is 18.5. The van der Waals surface area contributed by atoms with Gasteiger partial charge in [-0.25, -0.2) is 0 Å². The van der Waals surface area contributed by atoms with E-state index in [-0.39, 0.29) is 84.2 Å². The number of methoxy groups -OCH3 is 4. The maximum Gasteiger partial charge on any atom is 2.00 e. The van der Waals surface area contributed by atoms with Gasteiger partial charge in [0, 0.05) is 68.8 Å². The van der Waals surface area contributed by atoms with Gasteiger partial charge >= 0.3 is 39.0 Å². The van der Waals surface area contributed by atoms with Crippen LogP contribution in [0.4, 0.5) is 0 Å². The van der Waals surface area contributed by atoms with E-state index in [0.717, 1.165) is 26.4 Å². The second-order valence-electron chi connectivity index (χ2n) is 11.2. The minimum Gasteiger partial charge on any atom is -0.545 e. The summed E-state index contributed by atoms with van der Waals surface area (Å²) in [6.07, 6.45) is 5.11. The third-order valence-corrected chi connectivity index (χ3v) is 8.13. The summed E-state index contributed by atoms with van der Waals surface area (Å²) in [5.41, 5.74) is 0.00704. The van der Waals surface area contributed by atoms with E-state index in [1.807, 2.05) is 0 Å². The van der Waals surface area contributed by atoms with Crippen molar-refractivity contribution in [1.29, 1.82) is 0 Å². The topological polar surface area (TPSA) is 216 Å². The average Bonchev–Trinajstić information content (AvgIpc) is 3.99. The van der Waals surface area contributed by atoms with E-state index in [1.54, 1.807) is 0 Å². The van der Waals surface area contributed by atoms with E-state index in [4.69, 9.17) is 74.8 Å².